The fraction of sp³-hybridized carbons (Fsp3) is 0.308. The summed E-state index contributed by atoms with van der Waals surface area (Å²) in [6.45, 7) is -0.489. The third-order valence-electron chi connectivity index (χ3n) is 2.56. The molecule has 0 radical (unpaired) electrons. The molecule has 0 heterocycles. The Balaban J connectivity index is 2.71. The second kappa shape index (κ2) is 7.90. The lowest BCUT2D eigenvalue weighted by Crippen LogP contribution is -2.50. The normalized spacial score (nSPS) is 11.4. The predicted octanol–water partition coefficient (Wildman–Crippen LogP) is -1.73. The molecule has 0 saturated heterocycles. The molecule has 0 bridgehead atoms. The molecule has 0 aromatic heterocycles. The van der Waals surface area contributed by atoms with Crippen molar-refractivity contribution in [3.8, 4) is 0 Å². The van der Waals surface area contributed by atoms with Gasteiger partial charge in [-0.3, -0.25) is 14.4 Å². The molecule has 3 amide bonds. The van der Waals surface area contributed by atoms with Crippen LogP contribution in [0.4, 0.5) is 0 Å². The van der Waals surface area contributed by atoms with Gasteiger partial charge in [0.25, 0.3) is 0 Å². The van der Waals surface area contributed by atoms with Gasteiger partial charge in [0, 0.05) is 6.42 Å². The van der Waals surface area contributed by atoms with Gasteiger partial charge >= 0.3 is 0 Å². The molecular weight excluding hydrogens is 260 g/mol. The van der Waals surface area contributed by atoms with Crippen molar-refractivity contribution in [2.45, 2.75) is 12.5 Å². The van der Waals surface area contributed by atoms with E-state index in [1.54, 1.807) is 0 Å². The first-order valence-electron chi connectivity index (χ1n) is 6.12. The summed E-state index contributed by atoms with van der Waals surface area (Å²) in [5.41, 5.74) is 11.1. The molecule has 1 rings (SSSR count). The van der Waals surface area contributed by atoms with Crippen molar-refractivity contribution in [1.82, 2.24) is 10.6 Å². The molecule has 0 aliphatic rings. The van der Waals surface area contributed by atoms with Crippen LogP contribution in [0.5, 0.6) is 0 Å². The maximum Gasteiger partial charge on any atom is 0.243 e. The van der Waals surface area contributed by atoms with E-state index in [4.69, 9.17) is 11.5 Å². The number of carbonyl (C=O) groups is 3. The van der Waals surface area contributed by atoms with Gasteiger partial charge in [0.1, 0.15) is 6.04 Å². The predicted molar refractivity (Wildman–Crippen MR) is 73.3 cm³/mol. The molecule has 20 heavy (non-hydrogen) atoms. The molecule has 0 aliphatic heterocycles. The highest BCUT2D eigenvalue weighted by Gasteiger charge is 2.20. The van der Waals surface area contributed by atoms with E-state index in [2.05, 4.69) is 10.6 Å². The number of hydrogen-bond donors (Lipinski definition) is 4. The van der Waals surface area contributed by atoms with Crippen LogP contribution < -0.4 is 22.1 Å². The highest BCUT2D eigenvalue weighted by molar-refractivity contribution is 5.90. The summed E-state index contributed by atoms with van der Waals surface area (Å²) in [4.78, 5) is 33.9. The largest absolute Gasteiger partial charge is 0.368 e. The SMILES string of the molecule is NCC(=O)N[C@@H](Cc1ccccc1)C(=O)NCC(N)=O. The minimum absolute atomic E-state index is 0.214. The topological polar surface area (TPSA) is 127 Å². The van der Waals surface area contributed by atoms with Crippen molar-refractivity contribution in [3.05, 3.63) is 35.9 Å². The molecule has 7 nitrogen and oxygen atoms in total. The lowest BCUT2D eigenvalue weighted by molar-refractivity contribution is -0.129. The van der Waals surface area contributed by atoms with Crippen molar-refractivity contribution in [3.63, 3.8) is 0 Å². The van der Waals surface area contributed by atoms with Crippen LogP contribution in [0.25, 0.3) is 0 Å². The molecular formula is C13H18N4O3. The van der Waals surface area contributed by atoms with Crippen molar-refractivity contribution < 1.29 is 14.4 Å². The lowest BCUT2D eigenvalue weighted by atomic mass is 10.1. The van der Waals surface area contributed by atoms with Crippen LogP contribution in [-0.4, -0.2) is 36.9 Å². The number of carbonyl (C=O) groups excluding carboxylic acids is 3. The molecule has 0 aliphatic carbocycles. The average Bonchev–Trinajstić information content (AvgIpc) is 2.44. The first-order chi connectivity index (χ1) is 9.52. The van der Waals surface area contributed by atoms with Crippen molar-refractivity contribution in [2.24, 2.45) is 11.5 Å². The van der Waals surface area contributed by atoms with Gasteiger partial charge < -0.3 is 22.1 Å². The van der Waals surface area contributed by atoms with Crippen molar-refractivity contribution in [2.75, 3.05) is 13.1 Å². The Morgan fingerprint density at radius 1 is 1.15 bits per heavy atom. The first-order valence-corrected chi connectivity index (χ1v) is 6.12. The third-order valence-corrected chi connectivity index (χ3v) is 2.56. The van der Waals surface area contributed by atoms with Gasteiger partial charge in [-0.15, -0.1) is 0 Å². The minimum atomic E-state index is -0.798. The number of rotatable bonds is 7. The second-order valence-corrected chi connectivity index (χ2v) is 4.20. The quantitative estimate of drug-likeness (QED) is 0.472. The number of nitrogens with one attached hydrogen (secondary N) is 2. The number of primary amides is 1. The number of amides is 3. The summed E-state index contributed by atoms with van der Waals surface area (Å²) in [6, 6.07) is 8.39. The lowest BCUT2D eigenvalue weighted by Gasteiger charge is -2.17. The zero-order valence-electron chi connectivity index (χ0n) is 11.0. The number of nitrogens with two attached hydrogens (primary N) is 2. The molecule has 0 unspecified atom stereocenters. The summed E-state index contributed by atoms with van der Waals surface area (Å²) >= 11 is 0. The Hall–Kier alpha value is -2.41. The van der Waals surface area contributed by atoms with Gasteiger partial charge in [-0.2, -0.15) is 0 Å². The summed E-state index contributed by atoms with van der Waals surface area (Å²) < 4.78 is 0. The van der Waals surface area contributed by atoms with E-state index in [0.717, 1.165) is 5.56 Å². The van der Waals surface area contributed by atoms with Gasteiger partial charge in [-0.25, -0.2) is 0 Å². The third kappa shape index (κ3) is 5.49. The number of benzene rings is 1. The van der Waals surface area contributed by atoms with Gasteiger partial charge in [0.2, 0.25) is 17.7 Å². The number of hydrogen-bond acceptors (Lipinski definition) is 4. The zero-order valence-corrected chi connectivity index (χ0v) is 11.0. The summed E-state index contributed by atoms with van der Waals surface area (Å²) in [7, 11) is 0. The molecule has 0 saturated carbocycles. The smallest absolute Gasteiger partial charge is 0.243 e. The van der Waals surface area contributed by atoms with E-state index in [1.807, 2.05) is 30.3 Å². The Morgan fingerprint density at radius 2 is 1.80 bits per heavy atom. The molecule has 1 aromatic rings. The zero-order chi connectivity index (χ0) is 15.0. The van der Waals surface area contributed by atoms with Crippen LogP contribution in [0.15, 0.2) is 30.3 Å². The van der Waals surface area contributed by atoms with E-state index in [1.165, 1.54) is 0 Å². The summed E-state index contributed by atoms with van der Waals surface area (Å²) in [6.07, 6.45) is 0.303. The van der Waals surface area contributed by atoms with Crippen LogP contribution in [0.2, 0.25) is 0 Å². The van der Waals surface area contributed by atoms with Crippen LogP contribution in [0.1, 0.15) is 5.56 Å². The van der Waals surface area contributed by atoms with E-state index in [0.29, 0.717) is 6.42 Å². The monoisotopic (exact) mass is 278 g/mol. The molecule has 1 atom stereocenters. The van der Waals surface area contributed by atoms with Gasteiger partial charge in [0.15, 0.2) is 0 Å². The van der Waals surface area contributed by atoms with E-state index in [9.17, 15) is 14.4 Å². The van der Waals surface area contributed by atoms with E-state index < -0.39 is 23.8 Å². The van der Waals surface area contributed by atoms with E-state index >= 15 is 0 Å². The van der Waals surface area contributed by atoms with Gasteiger partial charge in [-0.1, -0.05) is 30.3 Å². The van der Waals surface area contributed by atoms with Crippen molar-refractivity contribution >= 4 is 17.7 Å². The Labute approximate surface area is 116 Å². The Bertz CT molecular complexity index is 476. The fourth-order valence-electron chi connectivity index (χ4n) is 1.61. The fourth-order valence-corrected chi connectivity index (χ4v) is 1.61. The minimum Gasteiger partial charge on any atom is -0.368 e. The molecule has 108 valence electrons. The second-order valence-electron chi connectivity index (χ2n) is 4.20. The average molecular weight is 278 g/mol. The van der Waals surface area contributed by atoms with Crippen LogP contribution in [0.3, 0.4) is 0 Å². The highest BCUT2D eigenvalue weighted by Crippen LogP contribution is 2.03. The maximum atomic E-state index is 11.9. The van der Waals surface area contributed by atoms with E-state index in [-0.39, 0.29) is 13.1 Å². The van der Waals surface area contributed by atoms with Crippen LogP contribution in [-0.2, 0) is 20.8 Å². The molecule has 7 heteroatoms. The summed E-state index contributed by atoms with van der Waals surface area (Å²) in [5.74, 6) is -1.57. The molecule has 0 fully saturated rings. The maximum absolute atomic E-state index is 11.9. The molecule has 1 aromatic carbocycles. The van der Waals surface area contributed by atoms with Gasteiger partial charge in [0.05, 0.1) is 13.1 Å². The van der Waals surface area contributed by atoms with Gasteiger partial charge in [-0.05, 0) is 5.56 Å². The first kappa shape index (κ1) is 15.6. The standard InChI is InChI=1S/C13H18N4O3/c14-7-12(19)17-10(13(20)16-8-11(15)18)6-9-4-2-1-3-5-9/h1-5,10H,6-8,14H2,(H2,15,18)(H,16,20)(H,17,19)/t10-/m0/s1. The Kier molecular flexibility index (Phi) is 6.18. The molecule has 0 spiro atoms. The highest BCUT2D eigenvalue weighted by atomic mass is 16.2. The Morgan fingerprint density at radius 3 is 2.35 bits per heavy atom. The van der Waals surface area contributed by atoms with Crippen molar-refractivity contribution in [1.29, 1.82) is 0 Å². The van der Waals surface area contributed by atoms with Crippen LogP contribution >= 0.6 is 0 Å². The van der Waals surface area contributed by atoms with Crippen LogP contribution in [0, 0.1) is 0 Å². The molecule has 6 N–H and O–H groups in total. The summed E-state index contributed by atoms with van der Waals surface area (Å²) in [5, 5.41) is 4.87.